The number of aliphatic hydroxyl groups is 1. The van der Waals surface area contributed by atoms with Gasteiger partial charge in [0.2, 0.25) is 0 Å². The monoisotopic (exact) mass is 236 g/mol. The van der Waals surface area contributed by atoms with Gasteiger partial charge in [-0.1, -0.05) is 18.2 Å². The standard InChI is InChI=1S/C14H20O3/c1-10-5-3-4-6-13(10)16-8-12-7-14(11(2)15)17-9-12/h3-6,11-12,14-15H,7-9H2,1-2H3. The van der Waals surface area contributed by atoms with Crippen molar-refractivity contribution in [1.82, 2.24) is 0 Å². The minimum atomic E-state index is -0.390. The van der Waals surface area contributed by atoms with Gasteiger partial charge in [0.15, 0.2) is 0 Å². The topological polar surface area (TPSA) is 38.7 Å². The first-order valence-electron chi connectivity index (χ1n) is 6.15. The predicted octanol–water partition coefficient (Wildman–Crippen LogP) is 2.16. The molecule has 3 heteroatoms. The van der Waals surface area contributed by atoms with Crippen molar-refractivity contribution < 1.29 is 14.6 Å². The third-order valence-corrected chi connectivity index (χ3v) is 3.22. The van der Waals surface area contributed by atoms with Gasteiger partial charge in [0, 0.05) is 5.92 Å². The summed E-state index contributed by atoms with van der Waals surface area (Å²) in [6, 6.07) is 8.01. The molecular weight excluding hydrogens is 216 g/mol. The first-order valence-corrected chi connectivity index (χ1v) is 6.15. The molecule has 0 spiro atoms. The number of hydrogen-bond donors (Lipinski definition) is 1. The third-order valence-electron chi connectivity index (χ3n) is 3.22. The average molecular weight is 236 g/mol. The van der Waals surface area contributed by atoms with E-state index in [-0.39, 0.29) is 6.10 Å². The van der Waals surface area contributed by atoms with Crippen molar-refractivity contribution in [1.29, 1.82) is 0 Å². The highest BCUT2D eigenvalue weighted by atomic mass is 16.5. The SMILES string of the molecule is Cc1ccccc1OCC1COC(C(C)O)C1. The Bertz CT molecular complexity index is 362. The summed E-state index contributed by atoms with van der Waals surface area (Å²) < 4.78 is 11.3. The van der Waals surface area contributed by atoms with Crippen LogP contribution in [0.15, 0.2) is 24.3 Å². The fraction of sp³-hybridized carbons (Fsp3) is 0.571. The quantitative estimate of drug-likeness (QED) is 0.870. The molecular formula is C14H20O3. The van der Waals surface area contributed by atoms with Crippen LogP contribution in [0.5, 0.6) is 5.75 Å². The van der Waals surface area contributed by atoms with E-state index < -0.39 is 6.10 Å². The van der Waals surface area contributed by atoms with Gasteiger partial charge in [-0.3, -0.25) is 0 Å². The van der Waals surface area contributed by atoms with Crippen LogP contribution in [0, 0.1) is 12.8 Å². The zero-order valence-electron chi connectivity index (χ0n) is 10.4. The van der Waals surface area contributed by atoms with E-state index in [9.17, 15) is 5.11 Å². The molecule has 1 N–H and O–H groups in total. The van der Waals surface area contributed by atoms with E-state index in [0.29, 0.717) is 19.1 Å². The Morgan fingerprint density at radius 3 is 2.88 bits per heavy atom. The molecule has 0 aromatic heterocycles. The first-order chi connectivity index (χ1) is 8.16. The fourth-order valence-corrected chi connectivity index (χ4v) is 2.10. The number of ether oxygens (including phenoxy) is 2. The summed E-state index contributed by atoms with van der Waals surface area (Å²) in [4.78, 5) is 0. The minimum absolute atomic E-state index is 0.0273. The first kappa shape index (κ1) is 12.4. The second-order valence-electron chi connectivity index (χ2n) is 4.79. The Morgan fingerprint density at radius 2 is 2.24 bits per heavy atom. The van der Waals surface area contributed by atoms with Crippen molar-refractivity contribution in [2.75, 3.05) is 13.2 Å². The van der Waals surface area contributed by atoms with Crippen molar-refractivity contribution >= 4 is 0 Å². The maximum Gasteiger partial charge on any atom is 0.122 e. The van der Waals surface area contributed by atoms with E-state index in [1.807, 2.05) is 31.2 Å². The summed E-state index contributed by atoms with van der Waals surface area (Å²) in [6.07, 6.45) is 0.461. The Morgan fingerprint density at radius 1 is 1.47 bits per heavy atom. The lowest BCUT2D eigenvalue weighted by atomic mass is 10.0. The van der Waals surface area contributed by atoms with Crippen LogP contribution < -0.4 is 4.74 Å². The molecule has 1 fully saturated rings. The number of rotatable bonds is 4. The van der Waals surface area contributed by atoms with Crippen molar-refractivity contribution in [3.8, 4) is 5.75 Å². The van der Waals surface area contributed by atoms with E-state index in [4.69, 9.17) is 9.47 Å². The van der Waals surface area contributed by atoms with Crippen LogP contribution in [-0.4, -0.2) is 30.5 Å². The van der Waals surface area contributed by atoms with Gasteiger partial charge in [0.1, 0.15) is 5.75 Å². The smallest absolute Gasteiger partial charge is 0.122 e. The molecule has 3 atom stereocenters. The highest BCUT2D eigenvalue weighted by Gasteiger charge is 2.29. The van der Waals surface area contributed by atoms with E-state index in [1.54, 1.807) is 6.92 Å². The van der Waals surface area contributed by atoms with Gasteiger partial charge >= 0.3 is 0 Å². The van der Waals surface area contributed by atoms with Gasteiger partial charge in [-0.2, -0.15) is 0 Å². The van der Waals surface area contributed by atoms with Gasteiger partial charge in [0.05, 0.1) is 25.4 Å². The highest BCUT2D eigenvalue weighted by Crippen LogP contribution is 2.24. The van der Waals surface area contributed by atoms with Crippen LogP contribution in [-0.2, 0) is 4.74 Å². The van der Waals surface area contributed by atoms with Gasteiger partial charge in [0.25, 0.3) is 0 Å². The zero-order valence-corrected chi connectivity index (χ0v) is 10.4. The van der Waals surface area contributed by atoms with Crippen LogP contribution in [0.1, 0.15) is 18.9 Å². The summed E-state index contributed by atoms with van der Waals surface area (Å²) in [5, 5.41) is 9.43. The number of benzene rings is 1. The highest BCUT2D eigenvalue weighted by molar-refractivity contribution is 5.31. The van der Waals surface area contributed by atoms with Gasteiger partial charge < -0.3 is 14.6 Å². The molecule has 0 aliphatic carbocycles. The van der Waals surface area contributed by atoms with Crippen LogP contribution >= 0.6 is 0 Å². The molecule has 0 saturated carbocycles. The molecule has 0 bridgehead atoms. The predicted molar refractivity (Wildman–Crippen MR) is 66.2 cm³/mol. The summed E-state index contributed by atoms with van der Waals surface area (Å²) in [6.45, 7) is 5.16. The molecule has 1 heterocycles. The van der Waals surface area contributed by atoms with Crippen LogP contribution in [0.2, 0.25) is 0 Å². The van der Waals surface area contributed by atoms with Crippen molar-refractivity contribution in [2.24, 2.45) is 5.92 Å². The molecule has 1 aromatic carbocycles. The van der Waals surface area contributed by atoms with E-state index in [2.05, 4.69) is 0 Å². The second kappa shape index (κ2) is 5.52. The molecule has 3 nitrogen and oxygen atoms in total. The van der Waals surface area contributed by atoms with Crippen LogP contribution in [0.3, 0.4) is 0 Å². The maximum atomic E-state index is 9.43. The zero-order chi connectivity index (χ0) is 12.3. The summed E-state index contributed by atoms with van der Waals surface area (Å²) in [5.41, 5.74) is 1.15. The molecule has 94 valence electrons. The molecule has 1 aliphatic rings. The fourth-order valence-electron chi connectivity index (χ4n) is 2.10. The molecule has 1 saturated heterocycles. The Labute approximate surface area is 102 Å². The molecule has 2 rings (SSSR count). The molecule has 17 heavy (non-hydrogen) atoms. The van der Waals surface area contributed by atoms with E-state index >= 15 is 0 Å². The second-order valence-corrected chi connectivity index (χ2v) is 4.79. The number of hydrogen-bond acceptors (Lipinski definition) is 3. The number of aliphatic hydroxyl groups excluding tert-OH is 1. The normalized spacial score (nSPS) is 25.8. The van der Waals surface area contributed by atoms with E-state index in [0.717, 1.165) is 17.7 Å². The van der Waals surface area contributed by atoms with Crippen molar-refractivity contribution in [3.05, 3.63) is 29.8 Å². The van der Waals surface area contributed by atoms with Crippen LogP contribution in [0.25, 0.3) is 0 Å². The van der Waals surface area contributed by atoms with E-state index in [1.165, 1.54) is 0 Å². The molecule has 1 aromatic rings. The van der Waals surface area contributed by atoms with Gasteiger partial charge in [-0.05, 0) is 31.9 Å². The lowest BCUT2D eigenvalue weighted by molar-refractivity contribution is 0.00747. The molecule has 1 aliphatic heterocycles. The van der Waals surface area contributed by atoms with Crippen molar-refractivity contribution in [2.45, 2.75) is 32.5 Å². The minimum Gasteiger partial charge on any atom is -0.493 e. The Hall–Kier alpha value is -1.06. The van der Waals surface area contributed by atoms with Crippen LogP contribution in [0.4, 0.5) is 0 Å². The molecule has 3 unspecified atom stereocenters. The molecule has 0 radical (unpaired) electrons. The average Bonchev–Trinajstić information content (AvgIpc) is 2.77. The van der Waals surface area contributed by atoms with Crippen molar-refractivity contribution in [3.63, 3.8) is 0 Å². The lowest BCUT2D eigenvalue weighted by Gasteiger charge is -2.13. The Balaban J connectivity index is 1.82. The number of aryl methyl sites for hydroxylation is 1. The largest absolute Gasteiger partial charge is 0.493 e. The third kappa shape index (κ3) is 3.20. The molecule has 0 amide bonds. The lowest BCUT2D eigenvalue weighted by Crippen LogP contribution is -2.21. The van der Waals surface area contributed by atoms with Gasteiger partial charge in [-0.25, -0.2) is 0 Å². The number of para-hydroxylation sites is 1. The summed E-state index contributed by atoms with van der Waals surface area (Å²) >= 11 is 0. The summed E-state index contributed by atoms with van der Waals surface area (Å²) in [7, 11) is 0. The summed E-state index contributed by atoms with van der Waals surface area (Å²) in [5.74, 6) is 1.32. The van der Waals surface area contributed by atoms with Gasteiger partial charge in [-0.15, -0.1) is 0 Å². The maximum absolute atomic E-state index is 9.43. The Kier molecular flexibility index (Phi) is 4.02.